The summed E-state index contributed by atoms with van der Waals surface area (Å²) in [6.07, 6.45) is 1.66. The van der Waals surface area contributed by atoms with E-state index >= 15 is 0 Å². The molecule has 1 fully saturated rings. The summed E-state index contributed by atoms with van der Waals surface area (Å²) in [7, 11) is 0. The van der Waals surface area contributed by atoms with Crippen LogP contribution in [0.4, 0.5) is 5.82 Å². The summed E-state index contributed by atoms with van der Waals surface area (Å²) in [5, 5.41) is 5.74. The number of amides is 1. The number of carbonyl (C=O) groups is 1. The molecule has 7 heteroatoms. The lowest BCUT2D eigenvalue weighted by Gasteiger charge is -2.25. The SMILES string of the molecule is O=C1CS[C@@H](c2ccccc2)c2c(n(C3CCOCC3)[nH]c2=O)N1. The van der Waals surface area contributed by atoms with Crippen LogP contribution in [0.15, 0.2) is 35.1 Å². The van der Waals surface area contributed by atoms with Crippen molar-refractivity contribution < 1.29 is 9.53 Å². The van der Waals surface area contributed by atoms with Gasteiger partial charge < -0.3 is 10.1 Å². The molecule has 1 aromatic carbocycles. The fourth-order valence-corrected chi connectivity index (χ4v) is 4.48. The second kappa shape index (κ2) is 6.49. The van der Waals surface area contributed by atoms with E-state index in [1.54, 1.807) is 0 Å². The van der Waals surface area contributed by atoms with Crippen LogP contribution >= 0.6 is 11.8 Å². The second-order valence-corrected chi connectivity index (χ2v) is 7.16. The van der Waals surface area contributed by atoms with Crippen LogP contribution in [0.2, 0.25) is 0 Å². The van der Waals surface area contributed by atoms with Gasteiger partial charge in [0.15, 0.2) is 0 Å². The molecule has 1 saturated heterocycles. The maximum atomic E-state index is 12.7. The number of ether oxygens (including phenoxy) is 1. The van der Waals surface area contributed by atoms with E-state index in [0.717, 1.165) is 18.4 Å². The molecule has 1 amide bonds. The summed E-state index contributed by atoms with van der Waals surface area (Å²) in [6, 6.07) is 10.0. The number of H-pyrrole nitrogens is 1. The minimum absolute atomic E-state index is 0.0699. The van der Waals surface area contributed by atoms with E-state index in [4.69, 9.17) is 4.74 Å². The van der Waals surface area contributed by atoms with Crippen molar-refractivity contribution in [2.24, 2.45) is 0 Å². The molecule has 2 N–H and O–H groups in total. The van der Waals surface area contributed by atoms with Crippen LogP contribution in [-0.4, -0.2) is 34.7 Å². The summed E-state index contributed by atoms with van der Waals surface area (Å²) in [5.41, 5.74) is 1.55. The van der Waals surface area contributed by atoms with Crippen LogP contribution < -0.4 is 10.9 Å². The third-order valence-electron chi connectivity index (χ3n) is 4.52. The topological polar surface area (TPSA) is 76.1 Å². The molecular weight excluding hydrogens is 326 g/mol. The van der Waals surface area contributed by atoms with Gasteiger partial charge in [-0.3, -0.25) is 19.4 Å². The Hall–Kier alpha value is -1.99. The van der Waals surface area contributed by atoms with Crippen molar-refractivity contribution in [3.63, 3.8) is 0 Å². The average molecular weight is 345 g/mol. The van der Waals surface area contributed by atoms with Crippen molar-refractivity contribution in [3.05, 3.63) is 51.8 Å². The summed E-state index contributed by atoms with van der Waals surface area (Å²) in [5.74, 6) is 0.886. The van der Waals surface area contributed by atoms with Crippen molar-refractivity contribution in [3.8, 4) is 0 Å². The second-order valence-electron chi connectivity index (χ2n) is 6.07. The molecule has 126 valence electrons. The zero-order valence-corrected chi connectivity index (χ0v) is 14.0. The van der Waals surface area contributed by atoms with E-state index < -0.39 is 0 Å². The number of benzene rings is 1. The monoisotopic (exact) mass is 345 g/mol. The molecule has 3 heterocycles. The summed E-state index contributed by atoms with van der Waals surface area (Å²) >= 11 is 1.49. The first-order valence-corrected chi connectivity index (χ1v) is 9.17. The Morgan fingerprint density at radius 2 is 1.88 bits per heavy atom. The highest BCUT2D eigenvalue weighted by Gasteiger charge is 2.32. The molecule has 24 heavy (non-hydrogen) atoms. The van der Waals surface area contributed by atoms with E-state index in [1.165, 1.54) is 11.8 Å². The number of nitrogens with zero attached hydrogens (tertiary/aromatic N) is 1. The molecule has 1 aromatic heterocycles. The lowest BCUT2D eigenvalue weighted by atomic mass is 10.1. The molecule has 4 rings (SSSR count). The highest BCUT2D eigenvalue weighted by Crippen LogP contribution is 2.40. The highest BCUT2D eigenvalue weighted by atomic mass is 32.2. The molecule has 0 radical (unpaired) electrons. The fourth-order valence-electron chi connectivity index (χ4n) is 3.35. The highest BCUT2D eigenvalue weighted by molar-refractivity contribution is 8.00. The van der Waals surface area contributed by atoms with Gasteiger partial charge in [0, 0.05) is 13.2 Å². The van der Waals surface area contributed by atoms with Crippen molar-refractivity contribution >= 4 is 23.5 Å². The van der Waals surface area contributed by atoms with Crippen molar-refractivity contribution in [1.82, 2.24) is 9.78 Å². The molecule has 1 atom stereocenters. The van der Waals surface area contributed by atoms with Gasteiger partial charge in [0.1, 0.15) is 5.82 Å². The Balaban J connectivity index is 1.82. The molecule has 6 nitrogen and oxygen atoms in total. The zero-order valence-electron chi connectivity index (χ0n) is 13.2. The van der Waals surface area contributed by atoms with E-state index in [0.29, 0.717) is 30.3 Å². The summed E-state index contributed by atoms with van der Waals surface area (Å²) in [4.78, 5) is 24.9. The largest absolute Gasteiger partial charge is 0.381 e. The molecular formula is C17H19N3O3S. The van der Waals surface area contributed by atoms with E-state index in [-0.39, 0.29) is 22.8 Å². The fraction of sp³-hybridized carbons (Fsp3) is 0.412. The number of thioether (sulfide) groups is 1. The van der Waals surface area contributed by atoms with Gasteiger partial charge >= 0.3 is 0 Å². The standard InChI is InChI=1S/C17H19N3O3S/c21-13-10-24-15(11-4-2-1-3-5-11)14-16(18-13)20(19-17(14)22)12-6-8-23-9-7-12/h1-5,12,15H,6-10H2,(H,18,21)(H,19,22)/t15-/m0/s1. The lowest BCUT2D eigenvalue weighted by Crippen LogP contribution is -2.24. The minimum Gasteiger partial charge on any atom is -0.381 e. The normalized spacial score (nSPS) is 21.8. The Morgan fingerprint density at radius 1 is 1.12 bits per heavy atom. The summed E-state index contributed by atoms with van der Waals surface area (Å²) < 4.78 is 7.26. The quantitative estimate of drug-likeness (QED) is 0.876. The average Bonchev–Trinajstić information content (AvgIpc) is 2.83. The molecule has 2 aliphatic heterocycles. The maximum absolute atomic E-state index is 12.7. The van der Waals surface area contributed by atoms with E-state index in [9.17, 15) is 9.59 Å². The van der Waals surface area contributed by atoms with Crippen LogP contribution in [0.5, 0.6) is 0 Å². The smallest absolute Gasteiger partial charge is 0.270 e. The number of rotatable bonds is 2. The Bertz CT molecular complexity index is 793. The maximum Gasteiger partial charge on any atom is 0.270 e. The molecule has 2 aliphatic rings. The van der Waals surface area contributed by atoms with Crippen LogP contribution in [0.1, 0.15) is 35.3 Å². The Morgan fingerprint density at radius 3 is 2.62 bits per heavy atom. The Labute approximate surface area is 143 Å². The molecule has 0 aliphatic carbocycles. The number of aromatic nitrogens is 2. The molecule has 0 spiro atoms. The third kappa shape index (κ3) is 2.78. The molecule has 0 bridgehead atoms. The number of hydrogen-bond donors (Lipinski definition) is 2. The third-order valence-corrected chi connectivity index (χ3v) is 5.79. The zero-order chi connectivity index (χ0) is 16.5. The van der Waals surface area contributed by atoms with Crippen LogP contribution in [-0.2, 0) is 9.53 Å². The van der Waals surface area contributed by atoms with Gasteiger partial charge in [0.2, 0.25) is 5.91 Å². The number of anilines is 1. The first kappa shape index (κ1) is 15.5. The first-order chi connectivity index (χ1) is 11.7. The summed E-state index contributed by atoms with van der Waals surface area (Å²) in [6.45, 7) is 1.34. The van der Waals surface area contributed by atoms with Crippen molar-refractivity contribution in [2.75, 3.05) is 24.3 Å². The van der Waals surface area contributed by atoms with Gasteiger partial charge in [0.25, 0.3) is 5.56 Å². The van der Waals surface area contributed by atoms with Gasteiger partial charge in [-0.2, -0.15) is 0 Å². The molecule has 0 unspecified atom stereocenters. The minimum atomic E-state index is -0.148. The van der Waals surface area contributed by atoms with Gasteiger partial charge in [-0.05, 0) is 18.4 Å². The molecule has 2 aromatic rings. The number of nitrogens with one attached hydrogen (secondary N) is 2. The Kier molecular flexibility index (Phi) is 4.20. The van der Waals surface area contributed by atoms with Crippen LogP contribution in [0.25, 0.3) is 0 Å². The van der Waals surface area contributed by atoms with Crippen molar-refractivity contribution in [2.45, 2.75) is 24.1 Å². The van der Waals surface area contributed by atoms with Crippen LogP contribution in [0, 0.1) is 0 Å². The van der Waals surface area contributed by atoms with Gasteiger partial charge in [-0.15, -0.1) is 11.8 Å². The van der Waals surface area contributed by atoms with Crippen molar-refractivity contribution in [1.29, 1.82) is 0 Å². The number of aromatic amines is 1. The number of carbonyl (C=O) groups excluding carboxylic acids is 1. The predicted molar refractivity (Wildman–Crippen MR) is 93.5 cm³/mol. The van der Waals surface area contributed by atoms with Gasteiger partial charge in [0.05, 0.1) is 22.6 Å². The van der Waals surface area contributed by atoms with Gasteiger partial charge in [-0.25, -0.2) is 0 Å². The number of hydrogen-bond acceptors (Lipinski definition) is 4. The van der Waals surface area contributed by atoms with E-state index in [1.807, 2.05) is 35.0 Å². The van der Waals surface area contributed by atoms with Crippen LogP contribution in [0.3, 0.4) is 0 Å². The van der Waals surface area contributed by atoms with Gasteiger partial charge in [-0.1, -0.05) is 30.3 Å². The van der Waals surface area contributed by atoms with E-state index in [2.05, 4.69) is 10.4 Å². The predicted octanol–water partition coefficient (Wildman–Crippen LogP) is 2.30. The number of fused-ring (bicyclic) bond motifs is 1. The molecule has 0 saturated carbocycles. The first-order valence-electron chi connectivity index (χ1n) is 8.12. The lowest BCUT2D eigenvalue weighted by molar-refractivity contribution is -0.113.